The minimum Gasteiger partial charge on any atom is -0.486 e. The van der Waals surface area contributed by atoms with Gasteiger partial charge in [-0.25, -0.2) is 8.42 Å². The van der Waals surface area contributed by atoms with Crippen LogP contribution in [0.5, 0.6) is 11.5 Å². The van der Waals surface area contributed by atoms with E-state index < -0.39 is 15.9 Å². The second kappa shape index (κ2) is 9.77. The first-order chi connectivity index (χ1) is 16.2. The molecule has 3 aromatic carbocycles. The van der Waals surface area contributed by atoms with E-state index in [-0.39, 0.29) is 24.1 Å². The van der Waals surface area contributed by atoms with Crippen molar-refractivity contribution in [1.82, 2.24) is 5.32 Å². The Morgan fingerprint density at radius 2 is 1.68 bits per heavy atom. The summed E-state index contributed by atoms with van der Waals surface area (Å²) in [6.07, 6.45) is -0.373. The van der Waals surface area contributed by atoms with E-state index in [0.29, 0.717) is 23.8 Å². The molecule has 0 unspecified atom stereocenters. The van der Waals surface area contributed by atoms with Gasteiger partial charge in [0.1, 0.15) is 19.3 Å². The van der Waals surface area contributed by atoms with Crippen LogP contribution in [0.3, 0.4) is 0 Å². The van der Waals surface area contributed by atoms with E-state index in [4.69, 9.17) is 9.47 Å². The van der Waals surface area contributed by atoms with Gasteiger partial charge in [0, 0.05) is 0 Å². The van der Waals surface area contributed by atoms with Crippen molar-refractivity contribution >= 4 is 21.6 Å². The second-order valence-electron chi connectivity index (χ2n) is 8.39. The molecule has 1 amide bonds. The lowest BCUT2D eigenvalue weighted by molar-refractivity contribution is -0.120. The summed E-state index contributed by atoms with van der Waals surface area (Å²) < 4.78 is 39.7. The number of nitrogens with one attached hydrogen (secondary N) is 1. The summed E-state index contributed by atoms with van der Waals surface area (Å²) in [5, 5.41) is 2.79. The zero-order chi connectivity index (χ0) is 24.3. The molecule has 1 N–H and O–H groups in total. The van der Waals surface area contributed by atoms with Crippen LogP contribution in [0.15, 0.2) is 71.6 Å². The molecule has 3 aromatic rings. The number of rotatable bonds is 7. The van der Waals surface area contributed by atoms with Crippen molar-refractivity contribution in [3.8, 4) is 11.5 Å². The summed E-state index contributed by atoms with van der Waals surface area (Å²) in [4.78, 5) is 13.0. The fraction of sp³-hybridized carbons (Fsp3) is 0.269. The van der Waals surface area contributed by atoms with Crippen LogP contribution in [0.1, 0.15) is 16.7 Å². The van der Waals surface area contributed by atoms with Crippen LogP contribution in [-0.4, -0.2) is 40.1 Å². The number of aryl methyl sites for hydroxylation is 3. The number of amides is 1. The summed E-state index contributed by atoms with van der Waals surface area (Å²) in [7, 11) is -3.96. The van der Waals surface area contributed by atoms with Gasteiger partial charge >= 0.3 is 0 Å². The number of carbonyl (C=O) groups is 1. The van der Waals surface area contributed by atoms with Crippen LogP contribution in [0, 0.1) is 20.8 Å². The zero-order valence-corrected chi connectivity index (χ0v) is 20.3. The normalized spacial score (nSPS) is 15.0. The maximum atomic E-state index is 13.5. The summed E-state index contributed by atoms with van der Waals surface area (Å²) in [5.74, 6) is 0.846. The number of anilines is 1. The fourth-order valence-corrected chi connectivity index (χ4v) is 5.02. The number of carbonyl (C=O) groups excluding carboxylic acids is 1. The van der Waals surface area contributed by atoms with E-state index in [1.807, 2.05) is 45.0 Å². The Labute approximate surface area is 200 Å². The van der Waals surface area contributed by atoms with Gasteiger partial charge in [-0.1, -0.05) is 35.9 Å². The number of fused-ring (bicyclic) bond motifs is 1. The molecule has 1 aliphatic rings. The SMILES string of the molecule is Cc1ccc(S(=O)(=O)N(CC(=O)NC[C@@H]2COc3ccccc3O2)c2ccc(C)c(C)c2)cc1. The predicted octanol–water partition coefficient (Wildman–Crippen LogP) is 3.76. The van der Waals surface area contributed by atoms with Crippen LogP contribution >= 0.6 is 0 Å². The van der Waals surface area contributed by atoms with Crippen LogP contribution < -0.4 is 19.1 Å². The van der Waals surface area contributed by atoms with E-state index in [2.05, 4.69) is 5.32 Å². The first-order valence-corrected chi connectivity index (χ1v) is 12.5. The summed E-state index contributed by atoms with van der Waals surface area (Å²) >= 11 is 0. The lowest BCUT2D eigenvalue weighted by atomic mass is 10.1. The highest BCUT2D eigenvalue weighted by molar-refractivity contribution is 7.92. The molecule has 1 aliphatic heterocycles. The lowest BCUT2D eigenvalue weighted by Gasteiger charge is -2.28. The highest BCUT2D eigenvalue weighted by Gasteiger charge is 2.28. The number of hydrogen-bond acceptors (Lipinski definition) is 5. The third-order valence-electron chi connectivity index (χ3n) is 5.77. The Hall–Kier alpha value is -3.52. The second-order valence-corrected chi connectivity index (χ2v) is 10.3. The van der Waals surface area contributed by atoms with Crippen LogP contribution in [-0.2, 0) is 14.8 Å². The number of nitrogens with zero attached hydrogens (tertiary/aromatic N) is 1. The standard InChI is InChI=1S/C26H28N2O5S/c1-18-8-12-23(13-9-18)34(30,31)28(21-11-10-19(2)20(3)14-21)16-26(29)27-15-22-17-32-24-6-4-5-7-25(24)33-22/h4-14,22H,15-17H2,1-3H3,(H,27,29)/t22-/m1/s1. The summed E-state index contributed by atoms with van der Waals surface area (Å²) in [6.45, 7) is 5.88. The summed E-state index contributed by atoms with van der Waals surface area (Å²) in [6, 6.07) is 19.3. The Kier molecular flexibility index (Phi) is 6.79. The van der Waals surface area contributed by atoms with Gasteiger partial charge in [0.25, 0.3) is 10.0 Å². The van der Waals surface area contributed by atoms with Crippen LogP contribution in [0.25, 0.3) is 0 Å². The van der Waals surface area contributed by atoms with E-state index in [0.717, 1.165) is 21.0 Å². The van der Waals surface area contributed by atoms with Crippen LogP contribution in [0.4, 0.5) is 5.69 Å². The maximum Gasteiger partial charge on any atom is 0.264 e. The predicted molar refractivity (Wildman–Crippen MR) is 131 cm³/mol. The molecule has 1 atom stereocenters. The molecule has 0 aromatic heterocycles. The highest BCUT2D eigenvalue weighted by atomic mass is 32.2. The van der Waals surface area contributed by atoms with E-state index in [9.17, 15) is 13.2 Å². The van der Waals surface area contributed by atoms with Gasteiger partial charge in [-0.15, -0.1) is 0 Å². The average molecular weight is 481 g/mol. The summed E-state index contributed by atoms with van der Waals surface area (Å²) in [5.41, 5.74) is 3.36. The van der Waals surface area contributed by atoms with E-state index in [1.165, 1.54) is 0 Å². The van der Waals surface area contributed by atoms with E-state index >= 15 is 0 Å². The Bertz CT molecular complexity index is 1290. The van der Waals surface area contributed by atoms with Crippen molar-refractivity contribution in [1.29, 1.82) is 0 Å². The van der Waals surface area contributed by atoms with Crippen LogP contribution in [0.2, 0.25) is 0 Å². The van der Waals surface area contributed by atoms with Gasteiger partial charge in [0.15, 0.2) is 11.5 Å². The first-order valence-electron chi connectivity index (χ1n) is 11.1. The van der Waals surface area contributed by atoms with Crippen molar-refractivity contribution in [2.24, 2.45) is 0 Å². The topological polar surface area (TPSA) is 84.9 Å². The van der Waals surface area contributed by atoms with Gasteiger partial charge in [-0.3, -0.25) is 9.10 Å². The molecule has 0 radical (unpaired) electrons. The molecular weight excluding hydrogens is 452 g/mol. The minimum absolute atomic E-state index is 0.129. The number of sulfonamides is 1. The number of ether oxygens (including phenoxy) is 2. The largest absolute Gasteiger partial charge is 0.486 e. The highest BCUT2D eigenvalue weighted by Crippen LogP contribution is 2.31. The molecule has 0 bridgehead atoms. The van der Waals surface area contributed by atoms with Crippen molar-refractivity contribution in [2.45, 2.75) is 31.8 Å². The Balaban J connectivity index is 1.52. The molecular formula is C26H28N2O5S. The monoisotopic (exact) mass is 480 g/mol. The molecule has 4 rings (SSSR count). The molecule has 8 heteroatoms. The van der Waals surface area contributed by atoms with Gasteiger partial charge in [-0.2, -0.15) is 0 Å². The molecule has 0 saturated carbocycles. The third-order valence-corrected chi connectivity index (χ3v) is 7.56. The van der Waals surface area contributed by atoms with Crippen molar-refractivity contribution in [3.63, 3.8) is 0 Å². The van der Waals surface area contributed by atoms with Crippen molar-refractivity contribution < 1.29 is 22.7 Å². The molecule has 178 valence electrons. The fourth-order valence-electron chi connectivity index (χ4n) is 3.61. The molecule has 7 nitrogen and oxygen atoms in total. The lowest BCUT2D eigenvalue weighted by Crippen LogP contribution is -2.45. The average Bonchev–Trinajstić information content (AvgIpc) is 2.83. The third kappa shape index (κ3) is 5.17. The number of para-hydroxylation sites is 2. The molecule has 0 saturated heterocycles. The zero-order valence-electron chi connectivity index (χ0n) is 19.4. The van der Waals surface area contributed by atoms with Crippen molar-refractivity contribution in [2.75, 3.05) is 24.0 Å². The maximum absolute atomic E-state index is 13.5. The Morgan fingerprint density at radius 3 is 2.38 bits per heavy atom. The quantitative estimate of drug-likeness (QED) is 0.557. The van der Waals surface area contributed by atoms with Gasteiger partial charge < -0.3 is 14.8 Å². The molecule has 0 aliphatic carbocycles. The molecule has 1 heterocycles. The van der Waals surface area contributed by atoms with Gasteiger partial charge in [0.05, 0.1) is 17.1 Å². The number of benzene rings is 3. The molecule has 34 heavy (non-hydrogen) atoms. The van der Waals surface area contributed by atoms with Gasteiger partial charge in [-0.05, 0) is 68.3 Å². The Morgan fingerprint density at radius 1 is 0.971 bits per heavy atom. The van der Waals surface area contributed by atoms with Crippen molar-refractivity contribution in [3.05, 3.63) is 83.4 Å². The molecule has 0 fully saturated rings. The first kappa shape index (κ1) is 23.6. The molecule has 0 spiro atoms. The smallest absolute Gasteiger partial charge is 0.264 e. The van der Waals surface area contributed by atoms with Gasteiger partial charge in [0.2, 0.25) is 5.91 Å². The number of hydrogen-bond donors (Lipinski definition) is 1. The van der Waals surface area contributed by atoms with E-state index in [1.54, 1.807) is 42.5 Å². The minimum atomic E-state index is -3.96.